The molecule has 0 radical (unpaired) electrons. The molecule has 2 N–H and O–H groups in total. The van der Waals surface area contributed by atoms with Crippen LogP contribution < -0.4 is 5.32 Å². The van der Waals surface area contributed by atoms with Crippen molar-refractivity contribution in [2.45, 2.75) is 19.3 Å². The Morgan fingerprint density at radius 1 is 1.56 bits per heavy atom. The lowest BCUT2D eigenvalue weighted by Gasteiger charge is -2.03. The van der Waals surface area contributed by atoms with Gasteiger partial charge >= 0.3 is 0 Å². The van der Waals surface area contributed by atoms with Crippen LogP contribution in [0.15, 0.2) is 0 Å². The van der Waals surface area contributed by atoms with E-state index in [1.54, 1.807) is 0 Å². The van der Waals surface area contributed by atoms with E-state index in [4.69, 9.17) is 4.74 Å². The minimum Gasteiger partial charge on any atom is -0.381 e. The molecule has 1 aliphatic rings. The molecule has 0 atom stereocenters. The zero-order chi connectivity index (χ0) is 11.2. The summed E-state index contributed by atoms with van der Waals surface area (Å²) in [6, 6.07) is 0. The SMILES string of the molecule is O=C(NCCCOCC1CC1)c1nn[nH]n1. The van der Waals surface area contributed by atoms with Crippen LogP contribution in [0, 0.1) is 5.92 Å². The van der Waals surface area contributed by atoms with Gasteiger partial charge in [-0.25, -0.2) is 0 Å². The van der Waals surface area contributed by atoms with Crippen molar-refractivity contribution < 1.29 is 9.53 Å². The molecule has 0 aromatic carbocycles. The first-order valence-corrected chi connectivity index (χ1v) is 5.45. The Morgan fingerprint density at radius 2 is 2.44 bits per heavy atom. The number of carbonyl (C=O) groups excluding carboxylic acids is 1. The fourth-order valence-corrected chi connectivity index (χ4v) is 1.25. The van der Waals surface area contributed by atoms with Gasteiger partial charge in [0.25, 0.3) is 11.7 Å². The summed E-state index contributed by atoms with van der Waals surface area (Å²) in [5.74, 6) is 0.545. The van der Waals surface area contributed by atoms with Crippen molar-refractivity contribution in [3.8, 4) is 0 Å². The van der Waals surface area contributed by atoms with Crippen LogP contribution in [0.25, 0.3) is 0 Å². The van der Waals surface area contributed by atoms with Crippen LogP contribution in [0.2, 0.25) is 0 Å². The number of hydrogen-bond acceptors (Lipinski definition) is 5. The number of rotatable bonds is 7. The smallest absolute Gasteiger partial charge is 0.292 e. The van der Waals surface area contributed by atoms with Gasteiger partial charge in [-0.2, -0.15) is 5.21 Å². The lowest BCUT2D eigenvalue weighted by Crippen LogP contribution is -2.26. The molecule has 1 fully saturated rings. The van der Waals surface area contributed by atoms with Crippen molar-refractivity contribution in [2.24, 2.45) is 5.92 Å². The standard InChI is InChI=1S/C9H15N5O2/c15-9(8-11-13-14-12-8)10-4-1-5-16-6-7-2-3-7/h7H,1-6H2,(H,10,15)(H,11,12,13,14). The Balaban J connectivity index is 1.49. The summed E-state index contributed by atoms with van der Waals surface area (Å²) < 4.78 is 5.43. The maximum atomic E-state index is 11.3. The van der Waals surface area contributed by atoms with Crippen molar-refractivity contribution in [3.05, 3.63) is 5.82 Å². The van der Waals surface area contributed by atoms with Crippen molar-refractivity contribution in [3.63, 3.8) is 0 Å². The third kappa shape index (κ3) is 3.58. The van der Waals surface area contributed by atoms with Crippen LogP contribution in [0.1, 0.15) is 29.9 Å². The van der Waals surface area contributed by atoms with E-state index < -0.39 is 0 Å². The highest BCUT2D eigenvalue weighted by Gasteiger charge is 2.20. The molecule has 0 unspecified atom stereocenters. The van der Waals surface area contributed by atoms with Gasteiger partial charge in [0.2, 0.25) is 0 Å². The largest absolute Gasteiger partial charge is 0.381 e. The normalized spacial score (nSPS) is 15.0. The average molecular weight is 225 g/mol. The molecular formula is C9H15N5O2. The zero-order valence-electron chi connectivity index (χ0n) is 8.98. The number of tetrazole rings is 1. The minimum absolute atomic E-state index is 0.0684. The quantitative estimate of drug-likeness (QED) is 0.624. The number of carbonyl (C=O) groups is 1. The molecule has 88 valence electrons. The average Bonchev–Trinajstić information content (AvgIpc) is 2.95. The molecule has 16 heavy (non-hydrogen) atoms. The molecule has 0 saturated heterocycles. The second-order valence-electron chi connectivity index (χ2n) is 3.86. The van der Waals surface area contributed by atoms with Gasteiger partial charge in [-0.15, -0.1) is 10.2 Å². The Kier molecular flexibility index (Phi) is 3.81. The second kappa shape index (κ2) is 5.55. The van der Waals surface area contributed by atoms with E-state index in [0.29, 0.717) is 13.2 Å². The number of hydrogen-bond donors (Lipinski definition) is 2. The number of aromatic amines is 1. The van der Waals surface area contributed by atoms with Gasteiger partial charge in [0.1, 0.15) is 0 Å². The molecule has 1 saturated carbocycles. The number of amides is 1. The maximum absolute atomic E-state index is 11.3. The molecule has 1 amide bonds. The van der Waals surface area contributed by atoms with Gasteiger partial charge in [-0.1, -0.05) is 0 Å². The van der Waals surface area contributed by atoms with E-state index >= 15 is 0 Å². The fraction of sp³-hybridized carbons (Fsp3) is 0.778. The predicted octanol–water partition coefficient (Wildman–Crippen LogP) is -0.254. The van der Waals surface area contributed by atoms with Crippen molar-refractivity contribution in [1.82, 2.24) is 25.9 Å². The van der Waals surface area contributed by atoms with Crippen molar-refractivity contribution in [2.75, 3.05) is 19.8 Å². The number of H-pyrrole nitrogens is 1. The van der Waals surface area contributed by atoms with E-state index in [1.807, 2.05) is 0 Å². The Bertz CT molecular complexity index is 323. The molecule has 1 aromatic heterocycles. The molecule has 0 aliphatic heterocycles. The topological polar surface area (TPSA) is 92.8 Å². The van der Waals surface area contributed by atoms with Crippen LogP contribution in [-0.4, -0.2) is 46.3 Å². The highest BCUT2D eigenvalue weighted by atomic mass is 16.5. The molecule has 1 heterocycles. The fourth-order valence-electron chi connectivity index (χ4n) is 1.25. The van der Waals surface area contributed by atoms with Crippen molar-refractivity contribution in [1.29, 1.82) is 0 Å². The van der Waals surface area contributed by atoms with E-state index in [2.05, 4.69) is 25.9 Å². The van der Waals surface area contributed by atoms with Gasteiger partial charge in [0, 0.05) is 19.8 Å². The molecule has 1 aliphatic carbocycles. The lowest BCUT2D eigenvalue weighted by atomic mass is 10.4. The lowest BCUT2D eigenvalue weighted by molar-refractivity contribution is 0.0927. The first-order chi connectivity index (χ1) is 7.86. The number of ether oxygens (including phenoxy) is 1. The molecule has 2 rings (SSSR count). The van der Waals surface area contributed by atoms with Crippen LogP contribution in [-0.2, 0) is 4.74 Å². The van der Waals surface area contributed by atoms with Crippen LogP contribution in [0.5, 0.6) is 0 Å². The van der Waals surface area contributed by atoms with Gasteiger partial charge < -0.3 is 10.1 Å². The number of nitrogens with one attached hydrogen (secondary N) is 2. The second-order valence-corrected chi connectivity index (χ2v) is 3.86. The van der Waals surface area contributed by atoms with Gasteiger partial charge in [0.15, 0.2) is 0 Å². The summed E-state index contributed by atoms with van der Waals surface area (Å²) in [6.45, 7) is 2.11. The summed E-state index contributed by atoms with van der Waals surface area (Å²) in [5, 5.41) is 15.4. The van der Waals surface area contributed by atoms with Crippen LogP contribution in [0.4, 0.5) is 0 Å². The monoisotopic (exact) mass is 225 g/mol. The summed E-state index contributed by atoms with van der Waals surface area (Å²) in [6.07, 6.45) is 3.40. The highest BCUT2D eigenvalue weighted by molar-refractivity contribution is 5.89. The Hall–Kier alpha value is -1.50. The van der Waals surface area contributed by atoms with E-state index in [-0.39, 0.29) is 11.7 Å². The number of nitrogens with zero attached hydrogens (tertiary/aromatic N) is 3. The van der Waals surface area contributed by atoms with E-state index in [0.717, 1.165) is 18.9 Å². The van der Waals surface area contributed by atoms with E-state index in [1.165, 1.54) is 12.8 Å². The van der Waals surface area contributed by atoms with Crippen LogP contribution >= 0.6 is 0 Å². The molecule has 0 bridgehead atoms. The Labute approximate surface area is 92.9 Å². The third-order valence-electron chi connectivity index (χ3n) is 2.35. The summed E-state index contributed by atoms with van der Waals surface area (Å²) in [5.41, 5.74) is 0. The Morgan fingerprint density at radius 3 is 3.12 bits per heavy atom. The first kappa shape index (κ1) is 11.0. The van der Waals surface area contributed by atoms with Gasteiger partial charge in [0.05, 0.1) is 0 Å². The van der Waals surface area contributed by atoms with Gasteiger partial charge in [-0.3, -0.25) is 4.79 Å². The summed E-state index contributed by atoms with van der Waals surface area (Å²) in [7, 11) is 0. The van der Waals surface area contributed by atoms with Crippen LogP contribution in [0.3, 0.4) is 0 Å². The molecule has 7 heteroatoms. The highest BCUT2D eigenvalue weighted by Crippen LogP contribution is 2.28. The minimum atomic E-state index is -0.309. The number of aromatic nitrogens is 4. The molecule has 1 aromatic rings. The predicted molar refractivity (Wildman–Crippen MR) is 54.7 cm³/mol. The van der Waals surface area contributed by atoms with Crippen molar-refractivity contribution >= 4 is 5.91 Å². The first-order valence-electron chi connectivity index (χ1n) is 5.45. The van der Waals surface area contributed by atoms with Gasteiger partial charge in [-0.05, 0) is 30.4 Å². The maximum Gasteiger partial charge on any atom is 0.292 e. The molecule has 7 nitrogen and oxygen atoms in total. The summed E-state index contributed by atoms with van der Waals surface area (Å²) in [4.78, 5) is 11.3. The molecular weight excluding hydrogens is 210 g/mol. The van der Waals surface area contributed by atoms with E-state index in [9.17, 15) is 4.79 Å². The third-order valence-corrected chi connectivity index (χ3v) is 2.35. The summed E-state index contributed by atoms with van der Waals surface area (Å²) >= 11 is 0. The zero-order valence-corrected chi connectivity index (χ0v) is 8.98. The molecule has 0 spiro atoms.